The number of benzene rings is 2. The molecule has 4 nitrogen and oxygen atoms in total. The van der Waals surface area contributed by atoms with Gasteiger partial charge < -0.3 is 4.74 Å². The summed E-state index contributed by atoms with van der Waals surface area (Å²) in [5, 5.41) is 0. The molecule has 1 heterocycles. The van der Waals surface area contributed by atoms with Crippen LogP contribution < -0.4 is 9.64 Å². The SMILES string of the molecule is C=CCOc1ccc(C2CC(=O)N(c3ccc(Br)cc3)C3=C2C(=O)CCC3)cc1. The fourth-order valence-corrected chi connectivity index (χ4v) is 4.38. The van der Waals surface area contributed by atoms with Crippen LogP contribution in [0.15, 0.2) is 76.9 Å². The molecule has 0 saturated carbocycles. The molecule has 0 fully saturated rings. The number of rotatable bonds is 5. The van der Waals surface area contributed by atoms with Crippen molar-refractivity contribution < 1.29 is 14.3 Å². The van der Waals surface area contributed by atoms with E-state index in [0.717, 1.165) is 45.6 Å². The Labute approximate surface area is 179 Å². The van der Waals surface area contributed by atoms with E-state index in [1.54, 1.807) is 11.0 Å². The zero-order valence-corrected chi connectivity index (χ0v) is 17.7. The van der Waals surface area contributed by atoms with Crippen LogP contribution in [-0.2, 0) is 9.59 Å². The summed E-state index contributed by atoms with van der Waals surface area (Å²) in [5.74, 6) is 0.720. The van der Waals surface area contributed by atoms with Crippen LogP contribution in [0.2, 0.25) is 0 Å². The van der Waals surface area contributed by atoms with Gasteiger partial charge >= 0.3 is 0 Å². The first-order valence-corrected chi connectivity index (χ1v) is 10.6. The number of allylic oxidation sites excluding steroid dienone is 2. The summed E-state index contributed by atoms with van der Waals surface area (Å²) in [6, 6.07) is 15.4. The van der Waals surface area contributed by atoms with Gasteiger partial charge in [0.25, 0.3) is 0 Å². The van der Waals surface area contributed by atoms with Crippen molar-refractivity contribution in [1.82, 2.24) is 0 Å². The van der Waals surface area contributed by atoms with Crippen molar-refractivity contribution in [3.63, 3.8) is 0 Å². The van der Waals surface area contributed by atoms with Gasteiger partial charge in [-0.3, -0.25) is 14.5 Å². The van der Waals surface area contributed by atoms with E-state index in [1.165, 1.54) is 0 Å². The summed E-state index contributed by atoms with van der Waals surface area (Å²) in [6.45, 7) is 4.09. The molecule has 1 amide bonds. The summed E-state index contributed by atoms with van der Waals surface area (Å²) in [4.78, 5) is 27.8. The second-order valence-electron chi connectivity index (χ2n) is 7.27. The maximum Gasteiger partial charge on any atom is 0.232 e. The average Bonchev–Trinajstić information content (AvgIpc) is 2.73. The minimum absolute atomic E-state index is 0.0257. The van der Waals surface area contributed by atoms with Crippen molar-refractivity contribution in [1.29, 1.82) is 0 Å². The van der Waals surface area contributed by atoms with Gasteiger partial charge in [-0.1, -0.05) is 40.7 Å². The molecule has 0 bridgehead atoms. The number of nitrogens with zero attached hydrogens (tertiary/aromatic N) is 1. The Hall–Kier alpha value is -2.66. The fourth-order valence-electron chi connectivity index (χ4n) is 4.12. The van der Waals surface area contributed by atoms with Gasteiger partial charge in [-0.2, -0.15) is 0 Å². The van der Waals surface area contributed by atoms with Gasteiger partial charge in [0, 0.05) is 40.2 Å². The first-order chi connectivity index (χ1) is 14.1. The lowest BCUT2D eigenvalue weighted by atomic mass is 9.77. The van der Waals surface area contributed by atoms with Crippen molar-refractivity contribution in [2.24, 2.45) is 0 Å². The maximum absolute atomic E-state index is 13.2. The van der Waals surface area contributed by atoms with E-state index < -0.39 is 0 Å². The van der Waals surface area contributed by atoms with Crippen LogP contribution in [-0.4, -0.2) is 18.3 Å². The molecule has 1 atom stereocenters. The highest BCUT2D eigenvalue weighted by Gasteiger charge is 2.39. The minimum Gasteiger partial charge on any atom is -0.490 e. The number of ketones is 1. The molecule has 0 radical (unpaired) electrons. The molecule has 2 aliphatic rings. The van der Waals surface area contributed by atoms with Gasteiger partial charge in [0.05, 0.1) is 0 Å². The molecule has 29 heavy (non-hydrogen) atoms. The van der Waals surface area contributed by atoms with Gasteiger partial charge in [-0.25, -0.2) is 0 Å². The Bertz CT molecular complexity index is 976. The monoisotopic (exact) mass is 451 g/mol. The Morgan fingerprint density at radius 3 is 2.48 bits per heavy atom. The molecule has 0 saturated heterocycles. The lowest BCUT2D eigenvalue weighted by molar-refractivity contribution is -0.119. The van der Waals surface area contributed by atoms with E-state index in [0.29, 0.717) is 13.0 Å². The van der Waals surface area contributed by atoms with E-state index in [4.69, 9.17) is 4.74 Å². The number of halogens is 1. The van der Waals surface area contributed by atoms with E-state index in [9.17, 15) is 9.59 Å². The van der Waals surface area contributed by atoms with E-state index in [-0.39, 0.29) is 24.0 Å². The van der Waals surface area contributed by atoms with Gasteiger partial charge in [0.15, 0.2) is 5.78 Å². The van der Waals surface area contributed by atoms with Crippen LogP contribution in [0.1, 0.15) is 37.2 Å². The molecule has 0 aromatic heterocycles. The van der Waals surface area contributed by atoms with E-state index in [2.05, 4.69) is 22.5 Å². The molecule has 5 heteroatoms. The Kier molecular flexibility index (Phi) is 5.67. The highest BCUT2D eigenvalue weighted by molar-refractivity contribution is 9.10. The minimum atomic E-state index is -0.203. The number of hydrogen-bond donors (Lipinski definition) is 0. The smallest absolute Gasteiger partial charge is 0.232 e. The molecule has 1 aliphatic carbocycles. The Balaban J connectivity index is 1.74. The van der Waals surface area contributed by atoms with Gasteiger partial charge in [-0.15, -0.1) is 0 Å². The quantitative estimate of drug-likeness (QED) is 0.560. The fraction of sp³-hybridized carbons (Fsp3) is 0.250. The van der Waals surface area contributed by atoms with Crippen molar-refractivity contribution >= 4 is 33.3 Å². The number of carbonyl (C=O) groups is 2. The first kappa shape index (κ1) is 19.6. The largest absolute Gasteiger partial charge is 0.490 e. The third-order valence-electron chi connectivity index (χ3n) is 5.41. The zero-order valence-electron chi connectivity index (χ0n) is 16.1. The summed E-state index contributed by atoms with van der Waals surface area (Å²) < 4.78 is 6.51. The molecule has 1 aliphatic heterocycles. The van der Waals surface area contributed by atoms with Crippen LogP contribution >= 0.6 is 15.9 Å². The lowest BCUT2D eigenvalue weighted by Gasteiger charge is -2.38. The average molecular weight is 452 g/mol. The molecular formula is C24H22BrNO3. The number of anilines is 1. The highest BCUT2D eigenvalue weighted by Crippen LogP contribution is 2.43. The number of Topliss-reactive ketones (excluding diaryl/α,β-unsaturated/α-hetero) is 1. The molecule has 2 aromatic rings. The lowest BCUT2D eigenvalue weighted by Crippen LogP contribution is -2.40. The number of carbonyl (C=O) groups excluding carboxylic acids is 2. The molecule has 4 rings (SSSR count). The Morgan fingerprint density at radius 2 is 1.79 bits per heavy atom. The molecule has 1 unspecified atom stereocenters. The Morgan fingerprint density at radius 1 is 1.07 bits per heavy atom. The van der Waals surface area contributed by atoms with Crippen molar-refractivity contribution in [2.45, 2.75) is 31.6 Å². The predicted octanol–water partition coefficient (Wildman–Crippen LogP) is 5.54. The zero-order chi connectivity index (χ0) is 20.4. The summed E-state index contributed by atoms with van der Waals surface area (Å²) in [6.07, 6.45) is 4.03. The summed E-state index contributed by atoms with van der Waals surface area (Å²) >= 11 is 3.44. The van der Waals surface area contributed by atoms with Crippen molar-refractivity contribution in [3.05, 3.63) is 82.5 Å². The van der Waals surface area contributed by atoms with Crippen molar-refractivity contribution in [2.75, 3.05) is 11.5 Å². The van der Waals surface area contributed by atoms with E-state index >= 15 is 0 Å². The second-order valence-corrected chi connectivity index (χ2v) is 8.18. The number of amides is 1. The van der Waals surface area contributed by atoms with Crippen molar-refractivity contribution in [3.8, 4) is 5.75 Å². The second kappa shape index (κ2) is 8.37. The van der Waals surface area contributed by atoms with Crippen LogP contribution in [0.25, 0.3) is 0 Å². The van der Waals surface area contributed by atoms with Gasteiger partial charge in [0.2, 0.25) is 5.91 Å². The van der Waals surface area contributed by atoms with Crippen LogP contribution in [0.3, 0.4) is 0 Å². The van der Waals surface area contributed by atoms with Crippen LogP contribution in [0.5, 0.6) is 5.75 Å². The maximum atomic E-state index is 13.2. The van der Waals surface area contributed by atoms with Crippen LogP contribution in [0, 0.1) is 0 Å². The van der Waals surface area contributed by atoms with Gasteiger partial charge in [0.1, 0.15) is 12.4 Å². The summed E-state index contributed by atoms with van der Waals surface area (Å²) in [5.41, 5.74) is 3.44. The third-order valence-corrected chi connectivity index (χ3v) is 5.94. The van der Waals surface area contributed by atoms with E-state index in [1.807, 2.05) is 48.5 Å². The number of ether oxygens (including phenoxy) is 1. The van der Waals surface area contributed by atoms with Gasteiger partial charge in [-0.05, 0) is 54.8 Å². The predicted molar refractivity (Wildman–Crippen MR) is 117 cm³/mol. The molecular weight excluding hydrogens is 430 g/mol. The first-order valence-electron chi connectivity index (χ1n) is 9.77. The normalized spacial score (nSPS) is 19.2. The highest BCUT2D eigenvalue weighted by atomic mass is 79.9. The standard InChI is InChI=1S/C24H22BrNO3/c1-2-14-29-19-12-6-16(7-13-19)20-15-23(28)26(18-10-8-17(25)9-11-18)21-4-3-5-22(27)24(20)21/h2,6-13,20H,1,3-5,14-15H2. The molecule has 2 aromatic carbocycles. The summed E-state index contributed by atoms with van der Waals surface area (Å²) in [7, 11) is 0. The molecule has 0 spiro atoms. The topological polar surface area (TPSA) is 46.6 Å². The number of hydrogen-bond acceptors (Lipinski definition) is 3. The third kappa shape index (κ3) is 3.92. The molecule has 0 N–H and O–H groups in total. The molecule has 148 valence electrons. The van der Waals surface area contributed by atoms with Crippen LogP contribution in [0.4, 0.5) is 5.69 Å².